The van der Waals surface area contributed by atoms with Crippen LogP contribution in [0.5, 0.6) is 0 Å². The summed E-state index contributed by atoms with van der Waals surface area (Å²) in [6.45, 7) is 12.5. The summed E-state index contributed by atoms with van der Waals surface area (Å²) >= 11 is 0. The molecule has 0 bridgehead atoms. The Hall–Kier alpha value is 0.844. The number of rotatable bonds is 2. The molecule has 0 aromatic rings. The van der Waals surface area contributed by atoms with E-state index in [1.807, 2.05) is 39.7 Å². The zero-order chi connectivity index (χ0) is 13.8. The van der Waals surface area contributed by atoms with Gasteiger partial charge in [0.05, 0.1) is 0 Å². The first-order valence-electron chi connectivity index (χ1n) is 6.30. The van der Waals surface area contributed by atoms with Crippen LogP contribution in [0.1, 0.15) is 6.92 Å². The van der Waals surface area contributed by atoms with E-state index in [-0.39, 0.29) is 0 Å². The van der Waals surface area contributed by atoms with Crippen molar-refractivity contribution in [2.24, 2.45) is 0 Å². The fourth-order valence-corrected chi connectivity index (χ4v) is 18.1. The maximum absolute atomic E-state index is 5.97. The van der Waals surface area contributed by atoms with Crippen molar-refractivity contribution in [3.05, 3.63) is 0 Å². The molecule has 0 amide bonds. The SMILES string of the molecule is CCO[Si]1(C)O[SiH](C)O[SiH](C)O[SiH](C)O[SiH](C)O1. The second-order valence-electron chi connectivity index (χ2n) is 4.21. The fraction of sp³-hybridized carbons (Fsp3) is 1.00. The maximum Gasteiger partial charge on any atom is 0.479 e. The molecule has 0 aromatic heterocycles. The van der Waals surface area contributed by atoms with Crippen molar-refractivity contribution in [1.82, 2.24) is 0 Å². The highest BCUT2D eigenvalue weighted by atomic mass is 28.5. The lowest BCUT2D eigenvalue weighted by Gasteiger charge is -2.34. The largest absolute Gasteiger partial charge is 0.479 e. The third kappa shape index (κ3) is 5.87. The Labute approximate surface area is 117 Å². The molecule has 0 saturated carbocycles. The van der Waals surface area contributed by atoms with Crippen LogP contribution in [0, 0.1) is 0 Å². The van der Waals surface area contributed by atoms with Gasteiger partial charge in [-0.1, -0.05) is 0 Å². The molecule has 1 heterocycles. The van der Waals surface area contributed by atoms with Gasteiger partial charge in [0, 0.05) is 13.2 Å². The second-order valence-corrected chi connectivity index (χ2v) is 15.9. The molecule has 1 rings (SSSR count). The van der Waals surface area contributed by atoms with E-state index in [9.17, 15) is 0 Å². The average molecular weight is 345 g/mol. The van der Waals surface area contributed by atoms with Gasteiger partial charge in [0.2, 0.25) is 0 Å². The molecule has 1 saturated heterocycles. The van der Waals surface area contributed by atoms with Crippen LogP contribution in [0.2, 0.25) is 32.7 Å². The molecule has 0 aliphatic carbocycles. The smallest absolute Gasteiger partial charge is 0.420 e. The van der Waals surface area contributed by atoms with E-state index in [2.05, 4.69) is 0 Å². The number of hydrogen-bond acceptors (Lipinski definition) is 6. The molecule has 1 fully saturated rings. The summed E-state index contributed by atoms with van der Waals surface area (Å²) in [5, 5.41) is 0. The van der Waals surface area contributed by atoms with Crippen LogP contribution in [-0.2, 0) is 25.0 Å². The zero-order valence-corrected chi connectivity index (χ0v) is 17.6. The highest BCUT2D eigenvalue weighted by molar-refractivity contribution is 6.77. The molecular formula is C7H24O6Si5. The Morgan fingerprint density at radius 1 is 0.833 bits per heavy atom. The summed E-state index contributed by atoms with van der Waals surface area (Å²) in [6, 6.07) is 0. The summed E-state index contributed by atoms with van der Waals surface area (Å²) in [6.07, 6.45) is 0. The van der Waals surface area contributed by atoms with Gasteiger partial charge in [0.25, 0.3) is 18.6 Å². The van der Waals surface area contributed by atoms with E-state index in [1.54, 1.807) is 0 Å². The Bertz CT molecular complexity index is 240. The van der Waals surface area contributed by atoms with E-state index in [1.165, 1.54) is 0 Å². The van der Waals surface area contributed by atoms with Gasteiger partial charge in [0.15, 0.2) is 0 Å². The highest BCUT2D eigenvalue weighted by Crippen LogP contribution is 2.16. The molecule has 6 nitrogen and oxygen atoms in total. The minimum Gasteiger partial charge on any atom is -0.420 e. The van der Waals surface area contributed by atoms with Crippen LogP contribution in [-0.4, -0.2) is 52.5 Å². The van der Waals surface area contributed by atoms with E-state index in [0.717, 1.165) is 0 Å². The Balaban J connectivity index is 2.75. The van der Waals surface area contributed by atoms with Crippen molar-refractivity contribution >= 4 is 45.9 Å². The summed E-state index contributed by atoms with van der Waals surface area (Å²) in [7, 11) is -9.36. The fourth-order valence-electron chi connectivity index (χ4n) is 1.89. The van der Waals surface area contributed by atoms with Crippen LogP contribution < -0.4 is 0 Å². The van der Waals surface area contributed by atoms with E-state index in [4.69, 9.17) is 25.0 Å². The molecule has 0 N–H and O–H groups in total. The normalized spacial score (nSPS) is 43.7. The summed E-state index contributed by atoms with van der Waals surface area (Å²) in [5.74, 6) is 0. The third-order valence-electron chi connectivity index (χ3n) is 2.32. The van der Waals surface area contributed by atoms with Gasteiger partial charge in [-0.2, -0.15) is 0 Å². The van der Waals surface area contributed by atoms with Gasteiger partial charge in [-0.15, -0.1) is 0 Å². The van der Waals surface area contributed by atoms with Crippen molar-refractivity contribution in [3.63, 3.8) is 0 Å². The average Bonchev–Trinajstić information content (AvgIpc) is 2.13. The van der Waals surface area contributed by atoms with Gasteiger partial charge >= 0.3 is 27.4 Å². The van der Waals surface area contributed by atoms with Crippen LogP contribution in [0.25, 0.3) is 0 Å². The Kier molecular flexibility index (Phi) is 7.12. The van der Waals surface area contributed by atoms with Gasteiger partial charge in [-0.25, -0.2) is 0 Å². The van der Waals surface area contributed by atoms with Crippen molar-refractivity contribution in [1.29, 1.82) is 0 Å². The molecule has 0 aromatic carbocycles. The standard InChI is InChI=1S/C7H24O6Si5/c1-7-8-18(6)12-16(4)10-14(2)9-15(3)11-17(5)13-18/h14-17H,7H2,1-6H3. The summed E-state index contributed by atoms with van der Waals surface area (Å²) < 4.78 is 35.2. The first-order valence-corrected chi connectivity index (χ1v) is 16.9. The summed E-state index contributed by atoms with van der Waals surface area (Å²) in [5.41, 5.74) is 0. The quantitative estimate of drug-likeness (QED) is 0.662. The van der Waals surface area contributed by atoms with Crippen LogP contribution in [0.3, 0.4) is 0 Å². The molecule has 18 heavy (non-hydrogen) atoms. The monoisotopic (exact) mass is 344 g/mol. The van der Waals surface area contributed by atoms with E-state index < -0.39 is 45.9 Å². The second kappa shape index (κ2) is 7.58. The van der Waals surface area contributed by atoms with Gasteiger partial charge in [-0.3, -0.25) is 0 Å². The van der Waals surface area contributed by atoms with Gasteiger partial charge in [-0.05, 0) is 33.1 Å². The Morgan fingerprint density at radius 3 is 1.61 bits per heavy atom. The molecule has 108 valence electrons. The Morgan fingerprint density at radius 2 is 1.22 bits per heavy atom. The highest BCUT2D eigenvalue weighted by Gasteiger charge is 2.40. The minimum absolute atomic E-state index is 0.585. The van der Waals surface area contributed by atoms with Crippen LogP contribution in [0.4, 0.5) is 0 Å². The van der Waals surface area contributed by atoms with Crippen molar-refractivity contribution < 1.29 is 25.0 Å². The molecule has 11 heteroatoms. The third-order valence-corrected chi connectivity index (χ3v) is 18.4. The molecule has 1 aliphatic rings. The van der Waals surface area contributed by atoms with Crippen molar-refractivity contribution in [2.45, 2.75) is 39.7 Å². The topological polar surface area (TPSA) is 55.4 Å². The zero-order valence-electron chi connectivity index (χ0n) is 12.0. The van der Waals surface area contributed by atoms with Gasteiger partial charge < -0.3 is 25.0 Å². The lowest BCUT2D eigenvalue weighted by Crippen LogP contribution is -2.53. The predicted octanol–water partition coefficient (Wildman–Crippen LogP) is 0.0894. The molecular weight excluding hydrogens is 321 g/mol. The molecule has 0 spiro atoms. The lowest BCUT2D eigenvalue weighted by atomic mass is 10.9. The maximum atomic E-state index is 5.97. The van der Waals surface area contributed by atoms with E-state index in [0.29, 0.717) is 6.61 Å². The van der Waals surface area contributed by atoms with Crippen molar-refractivity contribution in [3.8, 4) is 0 Å². The van der Waals surface area contributed by atoms with Crippen LogP contribution in [0.15, 0.2) is 0 Å². The first-order chi connectivity index (χ1) is 8.34. The van der Waals surface area contributed by atoms with Crippen molar-refractivity contribution in [2.75, 3.05) is 6.61 Å². The van der Waals surface area contributed by atoms with E-state index >= 15 is 0 Å². The number of hydrogen-bond donors (Lipinski definition) is 0. The lowest BCUT2D eigenvalue weighted by molar-refractivity contribution is 0.157. The minimum atomic E-state index is -2.60. The van der Waals surface area contributed by atoms with Crippen LogP contribution >= 0.6 is 0 Å². The first kappa shape index (κ1) is 16.9. The summed E-state index contributed by atoms with van der Waals surface area (Å²) in [4.78, 5) is 0. The predicted molar refractivity (Wildman–Crippen MR) is 80.7 cm³/mol. The molecule has 0 radical (unpaired) electrons. The molecule has 1 aliphatic heterocycles. The molecule has 4 atom stereocenters. The molecule has 4 unspecified atom stereocenters. The van der Waals surface area contributed by atoms with Gasteiger partial charge in [0.1, 0.15) is 0 Å².